The molecule has 23 heavy (non-hydrogen) atoms. The molecule has 1 aliphatic rings. The number of para-hydroxylation sites is 1. The Morgan fingerprint density at radius 2 is 2.00 bits per heavy atom. The Kier molecular flexibility index (Phi) is 3.72. The van der Waals surface area contributed by atoms with Crippen molar-refractivity contribution in [2.24, 2.45) is 0 Å². The van der Waals surface area contributed by atoms with Crippen LogP contribution in [0, 0.1) is 0 Å². The van der Waals surface area contributed by atoms with Gasteiger partial charge in [0, 0.05) is 23.0 Å². The maximum atomic E-state index is 12.8. The van der Waals surface area contributed by atoms with Gasteiger partial charge in [0.15, 0.2) is 0 Å². The van der Waals surface area contributed by atoms with E-state index in [9.17, 15) is 14.7 Å². The molecule has 1 aromatic carbocycles. The number of carbonyl (C=O) groups is 2. The summed E-state index contributed by atoms with van der Waals surface area (Å²) in [5.41, 5.74) is 1.60. The minimum Gasteiger partial charge on any atom is -0.481 e. The average molecular weight is 330 g/mol. The van der Waals surface area contributed by atoms with Gasteiger partial charge in [0.25, 0.3) is 5.91 Å². The van der Waals surface area contributed by atoms with Gasteiger partial charge in [-0.15, -0.1) is 11.3 Å². The van der Waals surface area contributed by atoms with Crippen molar-refractivity contribution >= 4 is 28.9 Å². The van der Waals surface area contributed by atoms with E-state index in [4.69, 9.17) is 0 Å². The van der Waals surface area contributed by atoms with Gasteiger partial charge in [-0.25, -0.2) is 4.98 Å². The second-order valence-electron chi connectivity index (χ2n) is 6.65. The molecule has 2 aromatic rings. The number of benzene rings is 1. The number of amides is 1. The molecule has 5 nitrogen and oxygen atoms in total. The molecule has 0 radical (unpaired) electrons. The van der Waals surface area contributed by atoms with E-state index in [0.717, 1.165) is 5.01 Å². The fourth-order valence-corrected chi connectivity index (χ4v) is 3.55. The number of carbonyl (C=O) groups excluding carboxylic acids is 1. The molecule has 6 heteroatoms. The number of rotatable bonds is 2. The summed E-state index contributed by atoms with van der Waals surface area (Å²) in [5.74, 6) is -1.84. The van der Waals surface area contributed by atoms with E-state index in [1.165, 1.54) is 16.2 Å². The van der Waals surface area contributed by atoms with Gasteiger partial charge in [0.05, 0.1) is 5.01 Å². The Hall–Kier alpha value is -2.21. The highest BCUT2D eigenvalue weighted by atomic mass is 32.1. The maximum absolute atomic E-state index is 12.8. The van der Waals surface area contributed by atoms with Crippen molar-refractivity contribution in [3.63, 3.8) is 0 Å². The molecule has 0 fully saturated rings. The van der Waals surface area contributed by atoms with Crippen LogP contribution in [0.4, 0.5) is 5.69 Å². The van der Waals surface area contributed by atoms with Crippen LogP contribution in [-0.4, -0.2) is 28.5 Å². The van der Waals surface area contributed by atoms with E-state index in [-0.39, 0.29) is 17.9 Å². The molecule has 120 valence electrons. The molecular weight excluding hydrogens is 312 g/mol. The summed E-state index contributed by atoms with van der Waals surface area (Å²) in [5, 5.41) is 12.0. The highest BCUT2D eigenvalue weighted by molar-refractivity contribution is 7.10. The van der Waals surface area contributed by atoms with Crippen LogP contribution >= 0.6 is 11.3 Å². The number of nitrogens with zero attached hydrogens (tertiary/aromatic N) is 2. The van der Waals surface area contributed by atoms with E-state index in [2.05, 4.69) is 4.98 Å². The Balaban J connectivity index is 1.95. The highest BCUT2D eigenvalue weighted by Gasteiger charge is 2.37. The average Bonchev–Trinajstić information content (AvgIpc) is 3.11. The van der Waals surface area contributed by atoms with Crippen LogP contribution in [0.3, 0.4) is 0 Å². The predicted molar refractivity (Wildman–Crippen MR) is 89.3 cm³/mol. The Morgan fingerprint density at radius 3 is 2.61 bits per heavy atom. The molecule has 0 spiro atoms. The standard InChI is InChI=1S/C17H18N2O3S/c1-17(2,3)16-18-12(9-23-16)14(20)19-8-11(15(21)22)10-6-4-5-7-13(10)19/h4-7,9,11H,8H2,1-3H3,(H,21,22). The zero-order valence-corrected chi connectivity index (χ0v) is 14.1. The van der Waals surface area contributed by atoms with Crippen molar-refractivity contribution in [1.82, 2.24) is 4.98 Å². The fraction of sp³-hybridized carbons (Fsp3) is 0.353. The second-order valence-corrected chi connectivity index (χ2v) is 7.51. The summed E-state index contributed by atoms with van der Waals surface area (Å²) in [6.45, 7) is 6.29. The predicted octanol–water partition coefficient (Wildman–Crippen LogP) is 3.27. The highest BCUT2D eigenvalue weighted by Crippen LogP contribution is 2.37. The molecule has 1 atom stereocenters. The van der Waals surface area contributed by atoms with Crippen molar-refractivity contribution in [2.45, 2.75) is 32.1 Å². The molecule has 1 aliphatic heterocycles. The lowest BCUT2D eigenvalue weighted by molar-refractivity contribution is -0.138. The van der Waals surface area contributed by atoms with E-state index in [1.54, 1.807) is 23.6 Å². The van der Waals surface area contributed by atoms with Crippen molar-refractivity contribution in [1.29, 1.82) is 0 Å². The normalized spacial score (nSPS) is 17.2. The quantitative estimate of drug-likeness (QED) is 0.917. The number of carboxylic acids is 1. The van der Waals surface area contributed by atoms with Crippen LogP contribution in [0.25, 0.3) is 0 Å². The first-order valence-corrected chi connectivity index (χ1v) is 8.26. The van der Waals surface area contributed by atoms with E-state index in [1.807, 2.05) is 26.8 Å². The van der Waals surface area contributed by atoms with Gasteiger partial charge in [-0.3, -0.25) is 9.59 Å². The van der Waals surface area contributed by atoms with Gasteiger partial charge in [0.1, 0.15) is 11.6 Å². The lowest BCUT2D eigenvalue weighted by Gasteiger charge is -2.16. The van der Waals surface area contributed by atoms with Gasteiger partial charge >= 0.3 is 5.97 Å². The van der Waals surface area contributed by atoms with Crippen molar-refractivity contribution in [2.75, 3.05) is 11.4 Å². The summed E-state index contributed by atoms with van der Waals surface area (Å²) < 4.78 is 0. The van der Waals surface area contributed by atoms with Crippen LogP contribution in [0.1, 0.15) is 47.7 Å². The number of anilines is 1. The summed E-state index contributed by atoms with van der Waals surface area (Å²) in [7, 11) is 0. The SMILES string of the molecule is CC(C)(C)c1nc(C(=O)N2CC(C(=O)O)c3ccccc32)cs1. The molecule has 3 rings (SSSR count). The molecule has 1 unspecified atom stereocenters. The number of aliphatic carboxylic acids is 1. The van der Waals surface area contributed by atoms with Crippen LogP contribution in [0.15, 0.2) is 29.6 Å². The largest absolute Gasteiger partial charge is 0.481 e. The smallest absolute Gasteiger partial charge is 0.312 e. The van der Waals surface area contributed by atoms with Crippen LogP contribution in [-0.2, 0) is 10.2 Å². The summed E-state index contributed by atoms with van der Waals surface area (Å²) in [4.78, 5) is 30.2. The molecule has 0 saturated heterocycles. The molecular formula is C17H18N2O3S. The van der Waals surface area contributed by atoms with Crippen molar-refractivity contribution in [3.05, 3.63) is 45.9 Å². The number of thiazole rings is 1. The summed E-state index contributed by atoms with van der Waals surface area (Å²) in [6, 6.07) is 7.16. The third-order valence-electron chi connectivity index (χ3n) is 3.88. The lowest BCUT2D eigenvalue weighted by atomic mass is 9.98. The Bertz CT molecular complexity index is 776. The molecule has 0 saturated carbocycles. The van der Waals surface area contributed by atoms with E-state index < -0.39 is 11.9 Å². The van der Waals surface area contributed by atoms with Gasteiger partial charge in [-0.2, -0.15) is 0 Å². The van der Waals surface area contributed by atoms with Gasteiger partial charge in [-0.05, 0) is 11.6 Å². The van der Waals surface area contributed by atoms with E-state index in [0.29, 0.717) is 16.9 Å². The first kappa shape index (κ1) is 15.7. The topological polar surface area (TPSA) is 70.5 Å². The molecule has 1 N–H and O–H groups in total. The van der Waals surface area contributed by atoms with Crippen LogP contribution < -0.4 is 4.90 Å². The number of aromatic nitrogens is 1. The first-order valence-electron chi connectivity index (χ1n) is 7.38. The van der Waals surface area contributed by atoms with Crippen LogP contribution in [0.2, 0.25) is 0 Å². The molecule has 1 aromatic heterocycles. The minimum absolute atomic E-state index is 0.115. The molecule has 0 bridgehead atoms. The summed E-state index contributed by atoms with van der Waals surface area (Å²) >= 11 is 1.46. The molecule has 0 aliphatic carbocycles. The number of hydrogen-bond donors (Lipinski definition) is 1. The third-order valence-corrected chi connectivity index (χ3v) is 5.14. The number of hydrogen-bond acceptors (Lipinski definition) is 4. The van der Waals surface area contributed by atoms with Gasteiger partial charge in [0.2, 0.25) is 0 Å². The molecule has 2 heterocycles. The molecule has 1 amide bonds. The Labute approximate surface area is 138 Å². The number of carboxylic acid groups (broad SMARTS) is 1. The third kappa shape index (κ3) is 2.74. The van der Waals surface area contributed by atoms with Gasteiger partial charge in [-0.1, -0.05) is 39.0 Å². The second kappa shape index (κ2) is 5.45. The zero-order valence-electron chi connectivity index (χ0n) is 13.2. The van der Waals surface area contributed by atoms with Gasteiger partial charge < -0.3 is 10.0 Å². The fourth-order valence-electron chi connectivity index (χ4n) is 2.67. The zero-order chi connectivity index (χ0) is 16.8. The monoisotopic (exact) mass is 330 g/mol. The number of fused-ring (bicyclic) bond motifs is 1. The minimum atomic E-state index is -0.915. The lowest BCUT2D eigenvalue weighted by Crippen LogP contribution is -2.31. The van der Waals surface area contributed by atoms with Crippen molar-refractivity contribution in [3.8, 4) is 0 Å². The summed E-state index contributed by atoms with van der Waals surface area (Å²) in [6.07, 6.45) is 0. The first-order chi connectivity index (χ1) is 10.8. The maximum Gasteiger partial charge on any atom is 0.312 e. The van der Waals surface area contributed by atoms with Crippen LogP contribution in [0.5, 0.6) is 0 Å². The Morgan fingerprint density at radius 1 is 1.30 bits per heavy atom. The van der Waals surface area contributed by atoms with E-state index >= 15 is 0 Å². The van der Waals surface area contributed by atoms with Crippen molar-refractivity contribution < 1.29 is 14.7 Å².